The van der Waals surface area contributed by atoms with Crippen molar-refractivity contribution in [2.45, 2.75) is 0 Å². The molecule has 8 heteroatoms. The molecule has 1 aromatic rings. The van der Waals surface area contributed by atoms with Gasteiger partial charge in [0.15, 0.2) is 0 Å². The number of aliphatic hydroxyl groups excluding tert-OH is 1. The van der Waals surface area contributed by atoms with E-state index in [2.05, 4.69) is 20.3 Å². The average Bonchev–Trinajstić information content (AvgIpc) is 2.42. The zero-order chi connectivity index (χ0) is 13.4. The first-order valence-electron chi connectivity index (χ1n) is 5.58. The van der Waals surface area contributed by atoms with Crippen LogP contribution in [-0.2, 0) is 4.74 Å². The van der Waals surface area contributed by atoms with E-state index in [-0.39, 0.29) is 12.6 Å². The summed E-state index contributed by atoms with van der Waals surface area (Å²) in [4.78, 5) is 14.2. The van der Waals surface area contributed by atoms with E-state index in [0.29, 0.717) is 31.7 Å². The molecule has 0 atom stereocenters. The minimum atomic E-state index is 0.0210. The summed E-state index contributed by atoms with van der Waals surface area (Å²) in [6.07, 6.45) is 0. The normalized spacial score (nSPS) is 10.2. The van der Waals surface area contributed by atoms with Gasteiger partial charge in [-0.05, 0) is 0 Å². The highest BCUT2D eigenvalue weighted by molar-refractivity contribution is 5.37. The number of nitrogens with zero attached hydrogens (tertiary/aromatic N) is 4. The highest BCUT2D eigenvalue weighted by Gasteiger charge is 2.09. The quantitative estimate of drug-likeness (QED) is 0.594. The molecule has 0 aliphatic rings. The third kappa shape index (κ3) is 4.30. The van der Waals surface area contributed by atoms with Gasteiger partial charge in [-0.15, -0.1) is 0 Å². The van der Waals surface area contributed by atoms with E-state index in [9.17, 15) is 0 Å². The van der Waals surface area contributed by atoms with Gasteiger partial charge >= 0.3 is 6.01 Å². The smallest absolute Gasteiger partial charge is 0.322 e. The van der Waals surface area contributed by atoms with Crippen LogP contribution < -0.4 is 15.0 Å². The number of ether oxygens (including phenoxy) is 2. The maximum absolute atomic E-state index is 8.59. The number of rotatable bonds is 8. The van der Waals surface area contributed by atoms with Gasteiger partial charge < -0.3 is 24.8 Å². The van der Waals surface area contributed by atoms with E-state index in [1.54, 1.807) is 7.05 Å². The van der Waals surface area contributed by atoms with Crippen LogP contribution >= 0.6 is 0 Å². The lowest BCUT2D eigenvalue weighted by molar-refractivity contribution is 0.0970. The van der Waals surface area contributed by atoms with Crippen molar-refractivity contribution in [2.75, 3.05) is 57.8 Å². The second-order valence-electron chi connectivity index (χ2n) is 3.45. The van der Waals surface area contributed by atoms with Crippen molar-refractivity contribution < 1.29 is 14.6 Å². The van der Waals surface area contributed by atoms with Crippen LogP contribution in [0.1, 0.15) is 0 Å². The number of aliphatic hydroxyl groups is 1. The molecule has 1 rings (SSSR count). The molecule has 0 saturated heterocycles. The highest BCUT2D eigenvalue weighted by Crippen LogP contribution is 2.12. The second-order valence-corrected chi connectivity index (χ2v) is 3.45. The summed E-state index contributed by atoms with van der Waals surface area (Å²) < 4.78 is 10.2. The summed E-state index contributed by atoms with van der Waals surface area (Å²) in [5.74, 6) is 0.943. The van der Waals surface area contributed by atoms with E-state index in [0.717, 1.165) is 0 Å². The van der Waals surface area contributed by atoms with E-state index < -0.39 is 0 Å². The van der Waals surface area contributed by atoms with Gasteiger partial charge in [0, 0.05) is 20.6 Å². The van der Waals surface area contributed by atoms with Crippen LogP contribution in [-0.4, -0.2) is 67.6 Å². The van der Waals surface area contributed by atoms with Crippen molar-refractivity contribution in [1.29, 1.82) is 0 Å². The summed E-state index contributed by atoms with van der Waals surface area (Å²) in [5, 5.41) is 11.4. The van der Waals surface area contributed by atoms with E-state index >= 15 is 0 Å². The Labute approximate surface area is 106 Å². The van der Waals surface area contributed by atoms with Crippen molar-refractivity contribution in [3.63, 3.8) is 0 Å². The standard InChI is InChI=1S/C10H19N5O3/c1-11-8-12-9(14-10(13-8)17-3)15(2)4-6-18-7-5-16/h16H,4-7H2,1-3H3,(H,11,12,13,14). The van der Waals surface area contributed by atoms with Gasteiger partial charge in [0.1, 0.15) is 0 Å². The van der Waals surface area contributed by atoms with Crippen molar-refractivity contribution in [3.8, 4) is 6.01 Å². The fourth-order valence-corrected chi connectivity index (χ4v) is 1.19. The van der Waals surface area contributed by atoms with Gasteiger partial charge in [-0.25, -0.2) is 0 Å². The van der Waals surface area contributed by atoms with Gasteiger partial charge in [0.05, 0.1) is 26.9 Å². The SMILES string of the molecule is CNc1nc(OC)nc(N(C)CCOCCO)n1. The number of anilines is 2. The van der Waals surface area contributed by atoms with Crippen LogP contribution in [0.4, 0.5) is 11.9 Å². The molecule has 0 saturated carbocycles. The average molecular weight is 257 g/mol. The Morgan fingerprint density at radius 1 is 1.28 bits per heavy atom. The topological polar surface area (TPSA) is 92.6 Å². The zero-order valence-corrected chi connectivity index (χ0v) is 10.9. The molecule has 1 heterocycles. The molecule has 0 aliphatic carbocycles. The first-order chi connectivity index (χ1) is 8.71. The van der Waals surface area contributed by atoms with Crippen molar-refractivity contribution in [2.24, 2.45) is 0 Å². The van der Waals surface area contributed by atoms with E-state index in [1.807, 2.05) is 11.9 Å². The lowest BCUT2D eigenvalue weighted by Gasteiger charge is -2.17. The summed E-state index contributed by atoms with van der Waals surface area (Å²) in [5.41, 5.74) is 0. The lowest BCUT2D eigenvalue weighted by Crippen LogP contribution is -2.25. The molecular weight excluding hydrogens is 238 g/mol. The van der Waals surface area contributed by atoms with Crippen LogP contribution in [0.5, 0.6) is 6.01 Å². The van der Waals surface area contributed by atoms with Crippen molar-refractivity contribution >= 4 is 11.9 Å². The monoisotopic (exact) mass is 257 g/mol. The largest absolute Gasteiger partial charge is 0.467 e. The molecule has 0 aromatic carbocycles. The molecule has 2 N–H and O–H groups in total. The number of methoxy groups -OCH3 is 1. The van der Waals surface area contributed by atoms with E-state index in [1.165, 1.54) is 7.11 Å². The number of likely N-dealkylation sites (N-methyl/N-ethyl adjacent to an activating group) is 1. The molecule has 8 nitrogen and oxygen atoms in total. The molecule has 0 bridgehead atoms. The lowest BCUT2D eigenvalue weighted by atomic mass is 10.6. The minimum Gasteiger partial charge on any atom is -0.467 e. The van der Waals surface area contributed by atoms with E-state index in [4.69, 9.17) is 14.6 Å². The first-order valence-corrected chi connectivity index (χ1v) is 5.58. The molecule has 0 amide bonds. The minimum absolute atomic E-state index is 0.0210. The molecule has 0 unspecified atom stereocenters. The molecule has 0 radical (unpaired) electrons. The molecular formula is C10H19N5O3. The Balaban J connectivity index is 2.63. The zero-order valence-electron chi connectivity index (χ0n) is 10.9. The fraction of sp³-hybridized carbons (Fsp3) is 0.700. The maximum atomic E-state index is 8.59. The Bertz CT molecular complexity index is 341. The third-order valence-electron chi connectivity index (χ3n) is 2.16. The number of hydrogen-bond acceptors (Lipinski definition) is 8. The number of aromatic nitrogens is 3. The van der Waals surface area contributed by atoms with Crippen LogP contribution in [0.15, 0.2) is 0 Å². The summed E-state index contributed by atoms with van der Waals surface area (Å²) in [6.45, 7) is 1.44. The fourth-order valence-electron chi connectivity index (χ4n) is 1.19. The molecule has 0 aliphatic heterocycles. The Hall–Kier alpha value is -1.67. The molecule has 1 aromatic heterocycles. The van der Waals surface area contributed by atoms with Gasteiger partial charge in [0.2, 0.25) is 11.9 Å². The second kappa shape index (κ2) is 7.62. The van der Waals surface area contributed by atoms with Crippen molar-refractivity contribution in [3.05, 3.63) is 0 Å². The van der Waals surface area contributed by atoms with Gasteiger partial charge in [-0.1, -0.05) is 0 Å². The Morgan fingerprint density at radius 2 is 2.06 bits per heavy atom. The molecule has 102 valence electrons. The summed E-state index contributed by atoms with van der Waals surface area (Å²) in [6, 6.07) is 0.257. The summed E-state index contributed by atoms with van der Waals surface area (Å²) in [7, 11) is 5.07. The number of hydrogen-bond donors (Lipinski definition) is 2. The van der Waals surface area contributed by atoms with Crippen LogP contribution in [0.2, 0.25) is 0 Å². The van der Waals surface area contributed by atoms with Gasteiger partial charge in [-0.3, -0.25) is 0 Å². The van der Waals surface area contributed by atoms with Crippen molar-refractivity contribution in [1.82, 2.24) is 15.0 Å². The van der Waals surface area contributed by atoms with Crippen LogP contribution in [0, 0.1) is 0 Å². The van der Waals surface area contributed by atoms with Crippen LogP contribution in [0.3, 0.4) is 0 Å². The molecule has 0 fully saturated rings. The Kier molecular flexibility index (Phi) is 6.09. The molecule has 0 spiro atoms. The van der Waals surface area contributed by atoms with Gasteiger partial charge in [0.25, 0.3) is 0 Å². The highest BCUT2D eigenvalue weighted by atomic mass is 16.5. The predicted octanol–water partition coefficient (Wildman–Crippen LogP) is -0.633. The number of nitrogens with one attached hydrogen (secondary N) is 1. The predicted molar refractivity (Wildman–Crippen MR) is 67.1 cm³/mol. The first kappa shape index (κ1) is 14.4. The Morgan fingerprint density at radius 3 is 2.67 bits per heavy atom. The third-order valence-corrected chi connectivity index (χ3v) is 2.16. The van der Waals surface area contributed by atoms with Crippen LogP contribution in [0.25, 0.3) is 0 Å². The molecule has 18 heavy (non-hydrogen) atoms. The van der Waals surface area contributed by atoms with Gasteiger partial charge in [-0.2, -0.15) is 15.0 Å². The maximum Gasteiger partial charge on any atom is 0.322 e. The summed E-state index contributed by atoms with van der Waals surface area (Å²) >= 11 is 0.